The Hall–Kier alpha value is -1.15. The molecule has 0 aromatic rings. The van der Waals surface area contributed by atoms with Crippen molar-refractivity contribution in [2.75, 3.05) is 0 Å². The summed E-state index contributed by atoms with van der Waals surface area (Å²) >= 11 is 0. The van der Waals surface area contributed by atoms with Crippen LogP contribution in [0.25, 0.3) is 5.32 Å². The fourth-order valence-corrected chi connectivity index (χ4v) is 0.441. The van der Waals surface area contributed by atoms with Gasteiger partial charge in [0.25, 0.3) is 0 Å². The Balaban J connectivity index is 0. The summed E-state index contributed by atoms with van der Waals surface area (Å²) in [7, 11) is 0. The van der Waals surface area contributed by atoms with Gasteiger partial charge in [-0.25, -0.2) is 0 Å². The van der Waals surface area contributed by atoms with E-state index in [0.717, 1.165) is 0 Å². The van der Waals surface area contributed by atoms with Crippen molar-refractivity contribution in [2.24, 2.45) is 0 Å². The number of nitrogens with one attached hydrogen (secondary N) is 2. The van der Waals surface area contributed by atoms with E-state index in [0.29, 0.717) is 0 Å². The van der Waals surface area contributed by atoms with Gasteiger partial charge < -0.3 is 32.5 Å². The van der Waals surface area contributed by atoms with Crippen LogP contribution in [0.3, 0.4) is 0 Å². The van der Waals surface area contributed by atoms with Crippen LogP contribution < -0.4 is 10.6 Å². The summed E-state index contributed by atoms with van der Waals surface area (Å²) in [5, 5.41) is 6.19. The maximum absolute atomic E-state index is 10.0. The second-order valence-electron chi connectivity index (χ2n) is 2.08. The molecule has 16 heavy (non-hydrogen) atoms. The van der Waals surface area contributed by atoms with Crippen LogP contribution in [0.2, 0.25) is 0 Å². The molecule has 2 N–H and O–H groups in total. The van der Waals surface area contributed by atoms with E-state index in [-0.39, 0.29) is 39.1 Å². The number of imide groups is 3. The van der Waals surface area contributed by atoms with Crippen LogP contribution in [-0.4, -0.2) is 30.2 Å². The Morgan fingerprint density at radius 3 is 2.12 bits per heavy atom. The zero-order valence-corrected chi connectivity index (χ0v) is 10.8. The Labute approximate surface area is 116 Å². The molecule has 0 saturated carbocycles. The Morgan fingerprint density at radius 1 is 1.44 bits per heavy atom. The van der Waals surface area contributed by atoms with Crippen LogP contribution in [-0.2, 0) is 51.9 Å². The molecule has 82 valence electrons. The minimum absolute atomic E-state index is 0. The topological polar surface area (TPSA) is 124 Å². The molecule has 0 unspecified atom stereocenters. The van der Waals surface area contributed by atoms with Gasteiger partial charge in [-0.3, -0.25) is 14.4 Å². The van der Waals surface area contributed by atoms with E-state index >= 15 is 0 Å². The normalized spacial score (nSPS) is 12.4. The van der Waals surface area contributed by atoms with Gasteiger partial charge >= 0.3 is 32.7 Å². The van der Waals surface area contributed by atoms with Crippen molar-refractivity contribution < 1.29 is 56.7 Å². The van der Waals surface area contributed by atoms with E-state index in [1.165, 1.54) is 6.41 Å². The molecule has 9 heteroatoms. The van der Waals surface area contributed by atoms with Crippen LogP contribution in [0, 0.1) is 6.92 Å². The molecule has 1 fully saturated rings. The summed E-state index contributed by atoms with van der Waals surface area (Å²) in [6, 6.07) is -0.875. The first-order valence-electron chi connectivity index (χ1n) is 3.57. The quantitative estimate of drug-likeness (QED) is 0.279. The second kappa shape index (κ2) is 9.11. The van der Waals surface area contributed by atoms with E-state index in [4.69, 9.17) is 0 Å². The van der Waals surface area contributed by atoms with Crippen LogP contribution >= 0.6 is 0 Å². The number of rotatable bonds is 2. The molecule has 0 bridgehead atoms. The summed E-state index contributed by atoms with van der Waals surface area (Å²) in [6.45, 7) is 3.21. The summed E-state index contributed by atoms with van der Waals surface area (Å²) < 4.78 is 0. The Bertz CT molecular complexity index is 299. The van der Waals surface area contributed by atoms with Crippen molar-refractivity contribution in [1.82, 2.24) is 10.6 Å². The maximum atomic E-state index is 10.0. The molecule has 1 heterocycles. The maximum Gasteiger partial charge on any atom is 3.00 e. The van der Waals surface area contributed by atoms with E-state index in [1.54, 1.807) is 10.6 Å². The predicted molar refractivity (Wildman–Crippen MR) is 45.7 cm³/mol. The average Bonchev–Trinajstić information content (AvgIpc) is 2.45. The molecule has 6 amide bonds. The summed E-state index contributed by atoms with van der Waals surface area (Å²) in [4.78, 5) is 49.2. The molecular weight excluding hydrogens is 295 g/mol. The molecule has 0 aromatic heterocycles. The molecule has 0 atom stereocenters. The number of nitrogens with zero attached hydrogens (tertiary/aromatic N) is 1. The van der Waals surface area contributed by atoms with Gasteiger partial charge in [0, 0.05) is 5.91 Å². The number of carbonyl (C=O) groups is 4. The molecule has 1 aliphatic rings. The van der Waals surface area contributed by atoms with Crippen molar-refractivity contribution >= 4 is 30.2 Å². The zero-order chi connectivity index (χ0) is 11.8. The fraction of sp³-hybridized carbons (Fsp3) is 0.143. The van der Waals surface area contributed by atoms with Crippen molar-refractivity contribution in [2.45, 2.75) is 6.42 Å². The third-order valence-electron chi connectivity index (χ3n) is 1.04. The summed E-state index contributed by atoms with van der Waals surface area (Å²) in [6.07, 6.45) is 1.31. The van der Waals surface area contributed by atoms with Gasteiger partial charge in [-0.05, 0) is 0 Å². The molecule has 1 rings (SSSR count). The fourth-order valence-electron chi connectivity index (χ4n) is 0.441. The van der Waals surface area contributed by atoms with E-state index < -0.39 is 23.8 Å². The van der Waals surface area contributed by atoms with E-state index in [2.05, 4.69) is 12.2 Å². The molecule has 8 nitrogen and oxygen atoms in total. The summed E-state index contributed by atoms with van der Waals surface area (Å²) in [5.74, 6) is -2.38. The molecule has 0 radical (unpaired) electrons. The second-order valence-corrected chi connectivity index (χ2v) is 2.08. The van der Waals surface area contributed by atoms with Gasteiger partial charge in [0.05, 0.1) is 6.41 Å². The molecule has 0 aromatic carbocycles. The van der Waals surface area contributed by atoms with Crippen LogP contribution in [0.4, 0.5) is 4.79 Å². The van der Waals surface area contributed by atoms with Gasteiger partial charge in [-0.2, -0.15) is 6.42 Å². The first-order valence-corrected chi connectivity index (χ1v) is 3.57. The molecule has 0 spiro atoms. The largest absolute Gasteiger partial charge is 3.00 e. The van der Waals surface area contributed by atoms with Crippen LogP contribution in [0.15, 0.2) is 0 Å². The third kappa shape index (κ3) is 7.19. The monoisotopic (exact) mass is 301 g/mol. The minimum atomic E-state index is -1.02. The van der Waals surface area contributed by atoms with Crippen molar-refractivity contribution in [1.29, 1.82) is 0 Å². The minimum Gasteiger partial charge on any atom is -0.464 e. The molecule has 1 aliphatic heterocycles. The van der Waals surface area contributed by atoms with Gasteiger partial charge in [0.1, 0.15) is 0 Å². The third-order valence-corrected chi connectivity index (χ3v) is 1.04. The number of hydrogen-bond acceptors (Lipinski definition) is 5. The van der Waals surface area contributed by atoms with Gasteiger partial charge in [0.15, 0.2) is 6.03 Å². The molecular formula is C7H6N3O5Y. The predicted octanol–water partition coefficient (Wildman–Crippen LogP) is -1.47. The van der Waals surface area contributed by atoms with Gasteiger partial charge in [-0.1, -0.05) is 0 Å². The summed E-state index contributed by atoms with van der Waals surface area (Å²) in [5.41, 5.74) is 0. The Morgan fingerprint density at radius 2 is 2.00 bits per heavy atom. The molecule has 1 saturated heterocycles. The van der Waals surface area contributed by atoms with E-state index in [1.807, 2.05) is 0 Å². The SMILES string of the molecule is O=C1[N-]C(=O)C(=O)N1.[CH2-]CC(=O)N[C-]=O.[Y+3]. The number of hydrogen-bond donors (Lipinski definition) is 2. The van der Waals surface area contributed by atoms with E-state index in [9.17, 15) is 24.0 Å². The Kier molecular flexibility index (Phi) is 9.82. The van der Waals surface area contributed by atoms with Crippen LogP contribution in [0.1, 0.15) is 6.42 Å². The number of carbonyl (C=O) groups excluding carboxylic acids is 5. The first kappa shape index (κ1) is 17.3. The standard InChI is InChI=1S/C4H5NO2.C3H2N2O3.Y/c1-2-4(7)5-3-6;6-1-2(7)5-3(8)4-1;/h1-2H2,(H,5,6,7);(H2,4,5,6,7,8);/q-2;;+3/p-1. The smallest absolute Gasteiger partial charge is 0.464 e. The van der Waals surface area contributed by atoms with Gasteiger partial charge in [0.2, 0.25) is 11.8 Å². The first-order chi connectivity index (χ1) is 7.01. The zero-order valence-electron chi connectivity index (χ0n) is 7.98. The van der Waals surface area contributed by atoms with Crippen molar-refractivity contribution in [3.05, 3.63) is 12.2 Å². The van der Waals surface area contributed by atoms with Gasteiger partial charge in [-0.15, -0.1) is 0 Å². The number of amides is 6. The van der Waals surface area contributed by atoms with Crippen molar-refractivity contribution in [3.8, 4) is 0 Å². The number of urea groups is 1. The molecule has 0 aliphatic carbocycles. The van der Waals surface area contributed by atoms with Crippen LogP contribution in [0.5, 0.6) is 0 Å². The van der Waals surface area contributed by atoms with Crippen molar-refractivity contribution in [3.63, 3.8) is 0 Å². The average molecular weight is 301 g/mol.